The van der Waals surface area contributed by atoms with Gasteiger partial charge < -0.3 is 9.13 Å². The molecule has 238 valence electrons. The molecule has 5 heteroatoms. The Hall–Kier alpha value is -6.56. The summed E-state index contributed by atoms with van der Waals surface area (Å²) in [5.74, 6) is 0.737. The van der Waals surface area contributed by atoms with Gasteiger partial charge in [-0.2, -0.15) is 0 Å². The van der Waals surface area contributed by atoms with Crippen LogP contribution in [0.4, 0.5) is 0 Å². The lowest BCUT2D eigenvalue weighted by molar-refractivity contribution is 1.17. The van der Waals surface area contributed by atoms with Crippen molar-refractivity contribution in [1.82, 2.24) is 19.1 Å². The van der Waals surface area contributed by atoms with E-state index in [1.165, 1.54) is 48.3 Å². The summed E-state index contributed by atoms with van der Waals surface area (Å²) >= 11 is 1.76. The standard InChI is InChI=1S/C46H28N4S/c1-3-14-29(15-4-1)46-47-43(45-44(48-46)35-22-9-12-25-40(35)51-45)30-16-13-19-32(28-30)50-37-24-11-8-21-34(37)42-39(50)27-26-38-41(42)33-20-7-10-23-36(33)49(38)31-17-5-2-6-18-31/h1-28H. The van der Waals surface area contributed by atoms with Gasteiger partial charge in [0.25, 0.3) is 0 Å². The van der Waals surface area contributed by atoms with Crippen molar-refractivity contribution in [3.63, 3.8) is 0 Å². The predicted octanol–water partition coefficient (Wildman–Crippen LogP) is 12.4. The first-order chi connectivity index (χ1) is 25.3. The van der Waals surface area contributed by atoms with Gasteiger partial charge in [-0.05, 0) is 54.6 Å². The van der Waals surface area contributed by atoms with E-state index in [-0.39, 0.29) is 0 Å². The van der Waals surface area contributed by atoms with Crippen LogP contribution in [-0.2, 0) is 0 Å². The molecule has 0 saturated carbocycles. The zero-order valence-electron chi connectivity index (χ0n) is 27.4. The summed E-state index contributed by atoms with van der Waals surface area (Å²) in [6, 6.07) is 60.6. The van der Waals surface area contributed by atoms with Crippen molar-refractivity contribution in [2.24, 2.45) is 0 Å². The second-order valence-corrected chi connectivity index (χ2v) is 14.0. The molecule has 4 nitrogen and oxygen atoms in total. The summed E-state index contributed by atoms with van der Waals surface area (Å²) < 4.78 is 7.13. The number of rotatable bonds is 4. The van der Waals surface area contributed by atoms with Crippen LogP contribution in [0.15, 0.2) is 170 Å². The lowest BCUT2D eigenvalue weighted by Crippen LogP contribution is -1.97. The molecule has 7 aromatic carbocycles. The van der Waals surface area contributed by atoms with Crippen molar-refractivity contribution in [2.75, 3.05) is 0 Å². The zero-order valence-corrected chi connectivity index (χ0v) is 28.2. The first-order valence-corrected chi connectivity index (χ1v) is 18.0. The highest BCUT2D eigenvalue weighted by Crippen LogP contribution is 2.44. The second-order valence-electron chi connectivity index (χ2n) is 13.0. The number of hydrogen-bond donors (Lipinski definition) is 0. The highest BCUT2D eigenvalue weighted by Gasteiger charge is 2.21. The van der Waals surface area contributed by atoms with Crippen molar-refractivity contribution in [2.45, 2.75) is 0 Å². The lowest BCUT2D eigenvalue weighted by Gasteiger charge is -2.12. The summed E-state index contributed by atoms with van der Waals surface area (Å²) in [7, 11) is 0. The molecule has 0 N–H and O–H groups in total. The molecule has 0 fully saturated rings. The van der Waals surface area contributed by atoms with E-state index in [9.17, 15) is 0 Å². The molecule has 0 radical (unpaired) electrons. The molecular weight excluding hydrogens is 641 g/mol. The average Bonchev–Trinajstić information content (AvgIpc) is 3.86. The van der Waals surface area contributed by atoms with Crippen LogP contribution in [0.2, 0.25) is 0 Å². The van der Waals surface area contributed by atoms with Crippen LogP contribution in [0.5, 0.6) is 0 Å². The number of aromatic nitrogens is 4. The highest BCUT2D eigenvalue weighted by molar-refractivity contribution is 7.26. The van der Waals surface area contributed by atoms with Gasteiger partial charge in [0.05, 0.1) is 38.0 Å². The Morgan fingerprint density at radius 2 is 0.961 bits per heavy atom. The molecule has 0 unspecified atom stereocenters. The van der Waals surface area contributed by atoms with E-state index in [2.05, 4.69) is 161 Å². The Morgan fingerprint density at radius 3 is 1.67 bits per heavy atom. The Kier molecular flexibility index (Phi) is 6.09. The Bertz CT molecular complexity index is 3130. The predicted molar refractivity (Wildman–Crippen MR) is 214 cm³/mol. The smallest absolute Gasteiger partial charge is 0.160 e. The molecule has 0 aliphatic carbocycles. The molecule has 51 heavy (non-hydrogen) atoms. The highest BCUT2D eigenvalue weighted by atomic mass is 32.1. The monoisotopic (exact) mass is 668 g/mol. The first kappa shape index (κ1) is 28.3. The van der Waals surface area contributed by atoms with Crippen molar-refractivity contribution >= 4 is 75.3 Å². The van der Waals surface area contributed by atoms with Gasteiger partial charge >= 0.3 is 0 Å². The second kappa shape index (κ2) is 11.0. The number of fused-ring (bicyclic) bond motifs is 10. The molecule has 0 bridgehead atoms. The van der Waals surface area contributed by atoms with E-state index in [4.69, 9.17) is 9.97 Å². The van der Waals surface area contributed by atoms with Crippen molar-refractivity contribution < 1.29 is 0 Å². The summed E-state index contributed by atoms with van der Waals surface area (Å²) in [5.41, 5.74) is 11.0. The van der Waals surface area contributed by atoms with Crippen LogP contribution >= 0.6 is 11.3 Å². The lowest BCUT2D eigenvalue weighted by atomic mass is 10.1. The van der Waals surface area contributed by atoms with Crippen LogP contribution < -0.4 is 0 Å². The third-order valence-electron chi connectivity index (χ3n) is 10.1. The van der Waals surface area contributed by atoms with Gasteiger partial charge in [-0.3, -0.25) is 0 Å². The maximum absolute atomic E-state index is 5.28. The van der Waals surface area contributed by atoms with Crippen LogP contribution in [0.25, 0.3) is 97.9 Å². The maximum Gasteiger partial charge on any atom is 0.160 e. The number of para-hydroxylation sites is 3. The molecule has 4 aromatic heterocycles. The van der Waals surface area contributed by atoms with Gasteiger partial charge in [-0.25, -0.2) is 9.97 Å². The summed E-state index contributed by atoms with van der Waals surface area (Å²) in [6.45, 7) is 0. The van der Waals surface area contributed by atoms with Crippen LogP contribution in [0.3, 0.4) is 0 Å². The summed E-state index contributed by atoms with van der Waals surface area (Å²) in [4.78, 5) is 10.4. The largest absolute Gasteiger partial charge is 0.309 e. The molecular formula is C46H28N4S. The van der Waals surface area contributed by atoms with E-state index in [0.717, 1.165) is 49.6 Å². The third-order valence-corrected chi connectivity index (χ3v) is 11.3. The molecule has 0 aliphatic rings. The SMILES string of the molecule is c1ccc(-c2nc(-c3cccc(-n4c5ccccc5c5c6c7ccccc7n(-c7ccccc7)c6ccc54)c3)c3sc4ccccc4c3n2)cc1. The molecule has 11 rings (SSSR count). The fraction of sp³-hybridized carbons (Fsp3) is 0. The third kappa shape index (κ3) is 4.19. The topological polar surface area (TPSA) is 35.6 Å². The number of nitrogens with zero attached hydrogens (tertiary/aromatic N) is 4. The van der Waals surface area contributed by atoms with Gasteiger partial charge in [0.1, 0.15) is 0 Å². The van der Waals surface area contributed by atoms with Crippen LogP contribution in [-0.4, -0.2) is 19.1 Å². The van der Waals surface area contributed by atoms with E-state index in [1.807, 2.05) is 18.2 Å². The molecule has 0 saturated heterocycles. The molecule has 0 atom stereocenters. The number of thiophene rings is 1. The van der Waals surface area contributed by atoms with Crippen molar-refractivity contribution in [3.05, 3.63) is 170 Å². The number of hydrogen-bond acceptors (Lipinski definition) is 3. The Morgan fingerprint density at radius 1 is 0.412 bits per heavy atom. The molecule has 0 spiro atoms. The zero-order chi connectivity index (χ0) is 33.5. The minimum atomic E-state index is 0.737. The first-order valence-electron chi connectivity index (χ1n) is 17.2. The fourth-order valence-corrected chi connectivity index (χ4v) is 9.10. The summed E-state index contributed by atoms with van der Waals surface area (Å²) in [6.07, 6.45) is 0. The quantitative estimate of drug-likeness (QED) is 0.187. The minimum absolute atomic E-state index is 0.737. The van der Waals surface area contributed by atoms with Crippen molar-refractivity contribution in [3.8, 4) is 34.0 Å². The van der Waals surface area contributed by atoms with E-state index in [1.54, 1.807) is 11.3 Å². The molecule has 0 amide bonds. The molecule has 0 aliphatic heterocycles. The van der Waals surface area contributed by atoms with E-state index < -0.39 is 0 Å². The normalized spacial score (nSPS) is 11.9. The van der Waals surface area contributed by atoms with Gasteiger partial charge in [-0.15, -0.1) is 11.3 Å². The van der Waals surface area contributed by atoms with Crippen LogP contribution in [0.1, 0.15) is 0 Å². The van der Waals surface area contributed by atoms with Gasteiger partial charge in [0.2, 0.25) is 0 Å². The van der Waals surface area contributed by atoms with Gasteiger partial charge in [-0.1, -0.05) is 115 Å². The van der Waals surface area contributed by atoms with Crippen molar-refractivity contribution in [1.29, 1.82) is 0 Å². The van der Waals surface area contributed by atoms with E-state index in [0.29, 0.717) is 0 Å². The average molecular weight is 669 g/mol. The Labute approximate surface area is 297 Å². The summed E-state index contributed by atoms with van der Waals surface area (Å²) in [5, 5.41) is 6.18. The van der Waals surface area contributed by atoms with E-state index >= 15 is 0 Å². The minimum Gasteiger partial charge on any atom is -0.309 e. The van der Waals surface area contributed by atoms with Crippen LogP contribution in [0, 0.1) is 0 Å². The molecule has 11 aromatic rings. The maximum atomic E-state index is 5.28. The van der Waals surface area contributed by atoms with Gasteiger partial charge in [0, 0.05) is 54.1 Å². The number of benzene rings is 7. The Balaban J connectivity index is 1.19. The van der Waals surface area contributed by atoms with Gasteiger partial charge in [0.15, 0.2) is 5.82 Å². The molecule has 4 heterocycles. The fourth-order valence-electron chi connectivity index (χ4n) is 7.95.